The second-order valence-corrected chi connectivity index (χ2v) is 5.84. The first-order valence-electron chi connectivity index (χ1n) is 7.33. The molecular weight excluding hydrogens is 276 g/mol. The summed E-state index contributed by atoms with van der Waals surface area (Å²) >= 11 is 0. The Labute approximate surface area is 129 Å². The van der Waals surface area contributed by atoms with Gasteiger partial charge in [0.1, 0.15) is 11.5 Å². The highest BCUT2D eigenvalue weighted by Crippen LogP contribution is 2.30. The molecule has 3 rings (SSSR count). The Morgan fingerprint density at radius 1 is 1.00 bits per heavy atom. The van der Waals surface area contributed by atoms with Crippen LogP contribution in [0.3, 0.4) is 0 Å². The molecule has 0 unspecified atom stereocenters. The van der Waals surface area contributed by atoms with E-state index in [1.54, 1.807) is 18.2 Å². The molecule has 0 saturated heterocycles. The molecule has 0 amide bonds. The van der Waals surface area contributed by atoms with Crippen LogP contribution in [0.25, 0.3) is 6.08 Å². The highest BCUT2D eigenvalue weighted by atomic mass is 16.3. The summed E-state index contributed by atoms with van der Waals surface area (Å²) in [4.78, 5) is 12.6. The van der Waals surface area contributed by atoms with Crippen molar-refractivity contribution in [3.05, 3.63) is 63.7 Å². The van der Waals surface area contributed by atoms with Crippen LogP contribution in [-0.4, -0.2) is 16.0 Å². The van der Waals surface area contributed by atoms with E-state index in [9.17, 15) is 15.0 Å². The average Bonchev–Trinajstić information content (AvgIpc) is 2.47. The molecule has 0 aliphatic heterocycles. The topological polar surface area (TPSA) is 57.5 Å². The third-order valence-electron chi connectivity index (χ3n) is 4.14. The summed E-state index contributed by atoms with van der Waals surface area (Å²) in [7, 11) is 0. The van der Waals surface area contributed by atoms with Crippen molar-refractivity contribution in [2.75, 3.05) is 0 Å². The van der Waals surface area contributed by atoms with Crippen molar-refractivity contribution in [3.8, 4) is 11.5 Å². The van der Waals surface area contributed by atoms with Gasteiger partial charge in [-0.15, -0.1) is 0 Å². The second kappa shape index (κ2) is 5.34. The third-order valence-corrected chi connectivity index (χ3v) is 4.14. The summed E-state index contributed by atoms with van der Waals surface area (Å²) in [6, 6.07) is 8.67. The van der Waals surface area contributed by atoms with Crippen molar-refractivity contribution in [3.63, 3.8) is 0 Å². The normalized spacial score (nSPS) is 15.9. The van der Waals surface area contributed by atoms with Gasteiger partial charge in [-0.05, 0) is 85.4 Å². The average molecular weight is 294 g/mol. The minimum Gasteiger partial charge on any atom is -0.508 e. The lowest BCUT2D eigenvalue weighted by molar-refractivity contribution is 0.102. The quantitative estimate of drug-likeness (QED) is 0.784. The Hall–Kier alpha value is -2.55. The smallest absolute Gasteiger partial charge is 0.189 e. The minimum atomic E-state index is 0.0182. The number of aromatic hydroxyl groups is 2. The van der Waals surface area contributed by atoms with Crippen LogP contribution in [0.4, 0.5) is 0 Å². The Morgan fingerprint density at radius 3 is 2.36 bits per heavy atom. The molecule has 3 nitrogen and oxygen atoms in total. The molecule has 0 spiro atoms. The number of aryl methyl sites for hydroxylation is 3. The highest BCUT2D eigenvalue weighted by molar-refractivity contribution is 6.13. The Kier molecular flexibility index (Phi) is 3.49. The van der Waals surface area contributed by atoms with Crippen LogP contribution in [0.15, 0.2) is 35.9 Å². The zero-order valence-electron chi connectivity index (χ0n) is 12.7. The maximum atomic E-state index is 12.6. The van der Waals surface area contributed by atoms with Crippen molar-refractivity contribution in [2.45, 2.75) is 26.7 Å². The number of rotatable bonds is 1. The largest absolute Gasteiger partial charge is 0.508 e. The van der Waals surface area contributed by atoms with Crippen LogP contribution in [0, 0.1) is 13.8 Å². The molecule has 0 heterocycles. The number of phenolic OH excluding ortho intramolecular Hbond substituents is 2. The van der Waals surface area contributed by atoms with Gasteiger partial charge in [-0.3, -0.25) is 4.79 Å². The molecule has 2 aromatic rings. The summed E-state index contributed by atoms with van der Waals surface area (Å²) in [5.41, 5.74) is 4.88. The number of carbonyl (C=O) groups is 1. The van der Waals surface area contributed by atoms with Gasteiger partial charge in [-0.25, -0.2) is 0 Å². The van der Waals surface area contributed by atoms with E-state index in [-0.39, 0.29) is 11.5 Å². The molecule has 0 fully saturated rings. The van der Waals surface area contributed by atoms with Crippen molar-refractivity contribution in [1.29, 1.82) is 0 Å². The molecule has 0 saturated carbocycles. The molecule has 112 valence electrons. The number of allylic oxidation sites excluding steroid dienone is 1. The first-order valence-corrected chi connectivity index (χ1v) is 7.33. The molecule has 2 N–H and O–H groups in total. The SMILES string of the molecule is Cc1cc(/C=C2\CCc3cc(O)ccc3C2=O)cc(C)c1O. The van der Waals surface area contributed by atoms with Crippen molar-refractivity contribution >= 4 is 11.9 Å². The van der Waals surface area contributed by atoms with Crippen LogP contribution < -0.4 is 0 Å². The monoisotopic (exact) mass is 294 g/mol. The fourth-order valence-corrected chi connectivity index (χ4v) is 2.98. The zero-order valence-corrected chi connectivity index (χ0v) is 12.7. The van der Waals surface area contributed by atoms with E-state index in [1.165, 1.54) is 0 Å². The van der Waals surface area contributed by atoms with Crippen LogP contribution in [0.2, 0.25) is 0 Å². The van der Waals surface area contributed by atoms with Crippen molar-refractivity contribution in [2.24, 2.45) is 0 Å². The van der Waals surface area contributed by atoms with Gasteiger partial charge >= 0.3 is 0 Å². The lowest BCUT2D eigenvalue weighted by atomic mass is 9.85. The summed E-state index contributed by atoms with van der Waals surface area (Å²) < 4.78 is 0. The van der Waals surface area contributed by atoms with Crippen LogP contribution in [-0.2, 0) is 6.42 Å². The number of fused-ring (bicyclic) bond motifs is 1. The van der Waals surface area contributed by atoms with E-state index in [1.807, 2.05) is 32.1 Å². The van der Waals surface area contributed by atoms with Gasteiger partial charge in [0, 0.05) is 11.1 Å². The number of hydrogen-bond acceptors (Lipinski definition) is 3. The van der Waals surface area contributed by atoms with Gasteiger partial charge in [0.15, 0.2) is 5.78 Å². The van der Waals surface area contributed by atoms with Gasteiger partial charge in [0.25, 0.3) is 0 Å². The molecule has 3 heteroatoms. The van der Waals surface area contributed by atoms with Gasteiger partial charge in [0.2, 0.25) is 0 Å². The maximum absolute atomic E-state index is 12.6. The van der Waals surface area contributed by atoms with E-state index in [2.05, 4.69) is 0 Å². The van der Waals surface area contributed by atoms with Crippen LogP contribution in [0.5, 0.6) is 11.5 Å². The van der Waals surface area contributed by atoms with E-state index in [0.29, 0.717) is 17.7 Å². The highest BCUT2D eigenvalue weighted by Gasteiger charge is 2.22. The summed E-state index contributed by atoms with van der Waals surface area (Å²) in [5.74, 6) is 0.520. The number of Topliss-reactive ketones (excluding diaryl/α,β-unsaturated/α-hetero) is 1. The van der Waals surface area contributed by atoms with Gasteiger partial charge < -0.3 is 10.2 Å². The van der Waals surface area contributed by atoms with Gasteiger partial charge in [-0.1, -0.05) is 0 Å². The van der Waals surface area contributed by atoms with Crippen molar-refractivity contribution in [1.82, 2.24) is 0 Å². The van der Waals surface area contributed by atoms with Crippen LogP contribution in [0.1, 0.15) is 39.0 Å². The Balaban J connectivity index is 2.00. The number of phenols is 2. The minimum absolute atomic E-state index is 0.0182. The second-order valence-electron chi connectivity index (χ2n) is 5.84. The number of hydrogen-bond donors (Lipinski definition) is 2. The predicted molar refractivity (Wildman–Crippen MR) is 86.3 cm³/mol. The zero-order chi connectivity index (χ0) is 15.9. The van der Waals surface area contributed by atoms with Crippen molar-refractivity contribution < 1.29 is 15.0 Å². The molecular formula is C19H18O3. The first-order chi connectivity index (χ1) is 10.5. The molecule has 0 radical (unpaired) electrons. The van der Waals surface area contributed by atoms with E-state index in [0.717, 1.165) is 34.2 Å². The Bertz CT molecular complexity index is 777. The Morgan fingerprint density at radius 2 is 1.68 bits per heavy atom. The molecule has 0 atom stereocenters. The lowest BCUT2D eigenvalue weighted by Crippen LogP contribution is -2.13. The fraction of sp³-hybridized carbons (Fsp3) is 0.211. The fourth-order valence-electron chi connectivity index (χ4n) is 2.98. The maximum Gasteiger partial charge on any atom is 0.189 e. The molecule has 1 aliphatic carbocycles. The van der Waals surface area contributed by atoms with Gasteiger partial charge in [0.05, 0.1) is 0 Å². The molecule has 0 bridgehead atoms. The molecule has 2 aromatic carbocycles. The first kappa shape index (κ1) is 14.4. The summed E-state index contributed by atoms with van der Waals surface area (Å²) in [6.07, 6.45) is 3.31. The molecule has 0 aromatic heterocycles. The number of ketones is 1. The number of carbonyl (C=O) groups excluding carboxylic acids is 1. The summed E-state index contributed by atoms with van der Waals surface area (Å²) in [5, 5.41) is 19.3. The van der Waals surface area contributed by atoms with Crippen LogP contribution >= 0.6 is 0 Å². The standard InChI is InChI=1S/C19H18O3/c1-11-7-13(8-12(2)18(11)21)9-15-4-3-14-10-16(20)5-6-17(14)19(15)22/h5-10,20-21H,3-4H2,1-2H3/b15-9+. The molecule has 1 aliphatic rings. The van der Waals surface area contributed by atoms with E-state index < -0.39 is 0 Å². The molecule has 22 heavy (non-hydrogen) atoms. The van der Waals surface area contributed by atoms with Gasteiger partial charge in [-0.2, -0.15) is 0 Å². The number of benzene rings is 2. The van der Waals surface area contributed by atoms with E-state index in [4.69, 9.17) is 0 Å². The predicted octanol–water partition coefficient (Wildman–Crippen LogP) is 3.93. The third kappa shape index (κ3) is 2.50. The summed E-state index contributed by atoms with van der Waals surface area (Å²) in [6.45, 7) is 3.70. The lowest BCUT2D eigenvalue weighted by Gasteiger charge is -2.18. The van der Waals surface area contributed by atoms with E-state index >= 15 is 0 Å².